The molecule has 0 unspecified atom stereocenters. The van der Waals surface area contributed by atoms with Crippen molar-refractivity contribution in [3.63, 3.8) is 0 Å². The van der Waals surface area contributed by atoms with Crippen LogP contribution < -0.4 is 5.32 Å². The fourth-order valence-corrected chi connectivity index (χ4v) is 1.12. The van der Waals surface area contributed by atoms with Crippen molar-refractivity contribution in [2.24, 2.45) is 0 Å². The third-order valence-corrected chi connectivity index (χ3v) is 1.75. The first kappa shape index (κ1) is 11.9. The minimum atomic E-state index is 0.257. The van der Waals surface area contributed by atoms with Crippen LogP contribution in [0.25, 0.3) is 0 Å². The van der Waals surface area contributed by atoms with E-state index >= 15 is 0 Å². The van der Waals surface area contributed by atoms with Gasteiger partial charge in [0.25, 0.3) is 0 Å². The summed E-state index contributed by atoms with van der Waals surface area (Å²) >= 11 is 0. The predicted octanol–water partition coefficient (Wildman–Crippen LogP) is 1.72. The van der Waals surface area contributed by atoms with Crippen molar-refractivity contribution in [1.29, 1.82) is 0 Å². The number of nitrogens with zero attached hydrogens (tertiary/aromatic N) is 1. The van der Waals surface area contributed by atoms with Gasteiger partial charge in [-0.25, -0.2) is 0 Å². The lowest BCUT2D eigenvalue weighted by atomic mass is 10.1. The quantitative estimate of drug-likeness (QED) is 0.679. The van der Waals surface area contributed by atoms with Crippen molar-refractivity contribution in [3.8, 4) is 0 Å². The molecule has 0 aliphatic rings. The van der Waals surface area contributed by atoms with Gasteiger partial charge < -0.3 is 10.2 Å². The molecule has 74 valence electrons. The molecule has 0 atom stereocenters. The normalized spacial score (nSPS) is 12.5. The Morgan fingerprint density at radius 3 is 2.17 bits per heavy atom. The molecular formula is C10H24N2. The first-order chi connectivity index (χ1) is 5.45. The summed E-state index contributed by atoms with van der Waals surface area (Å²) in [5.74, 6) is 0. The molecule has 0 heterocycles. The van der Waals surface area contributed by atoms with Crippen LogP contribution in [0.4, 0.5) is 0 Å². The molecule has 0 aromatic carbocycles. The first-order valence-electron chi connectivity index (χ1n) is 4.89. The topological polar surface area (TPSA) is 15.3 Å². The second-order valence-electron chi connectivity index (χ2n) is 4.48. The number of hydrogen-bond donors (Lipinski definition) is 1. The maximum atomic E-state index is 3.47. The fraction of sp³-hybridized carbons (Fsp3) is 1.00. The SMILES string of the molecule is CCCN(C)CCNC(C)(C)C. The van der Waals surface area contributed by atoms with Crippen LogP contribution >= 0.6 is 0 Å². The molecule has 0 radical (unpaired) electrons. The van der Waals surface area contributed by atoms with E-state index in [0.717, 1.165) is 13.1 Å². The van der Waals surface area contributed by atoms with E-state index in [-0.39, 0.29) is 5.54 Å². The average Bonchev–Trinajstić information content (AvgIpc) is 1.84. The Labute approximate surface area is 77.3 Å². The van der Waals surface area contributed by atoms with Gasteiger partial charge in [-0.05, 0) is 40.8 Å². The van der Waals surface area contributed by atoms with Crippen molar-refractivity contribution < 1.29 is 0 Å². The van der Waals surface area contributed by atoms with Gasteiger partial charge in [-0.1, -0.05) is 6.92 Å². The summed E-state index contributed by atoms with van der Waals surface area (Å²) in [5, 5.41) is 3.47. The molecule has 0 saturated heterocycles. The summed E-state index contributed by atoms with van der Waals surface area (Å²) in [7, 11) is 2.17. The monoisotopic (exact) mass is 172 g/mol. The van der Waals surface area contributed by atoms with E-state index in [1.807, 2.05) is 0 Å². The molecule has 0 aromatic heterocycles. The molecule has 0 aromatic rings. The molecule has 0 saturated carbocycles. The molecular weight excluding hydrogens is 148 g/mol. The number of likely N-dealkylation sites (N-methyl/N-ethyl adjacent to an activating group) is 1. The lowest BCUT2D eigenvalue weighted by Crippen LogP contribution is -2.40. The van der Waals surface area contributed by atoms with Crippen LogP contribution in [0.5, 0.6) is 0 Å². The zero-order chi connectivity index (χ0) is 9.61. The lowest BCUT2D eigenvalue weighted by Gasteiger charge is -2.23. The highest BCUT2D eigenvalue weighted by Crippen LogP contribution is 1.97. The second kappa shape index (κ2) is 5.55. The van der Waals surface area contributed by atoms with Gasteiger partial charge in [0.05, 0.1) is 0 Å². The smallest absolute Gasteiger partial charge is 0.0104 e. The average molecular weight is 172 g/mol. The van der Waals surface area contributed by atoms with Crippen molar-refractivity contribution in [2.75, 3.05) is 26.7 Å². The van der Waals surface area contributed by atoms with Gasteiger partial charge in [0.1, 0.15) is 0 Å². The van der Waals surface area contributed by atoms with Crippen molar-refractivity contribution in [1.82, 2.24) is 10.2 Å². The molecule has 0 aliphatic carbocycles. The number of hydrogen-bond acceptors (Lipinski definition) is 2. The van der Waals surface area contributed by atoms with Gasteiger partial charge in [0.2, 0.25) is 0 Å². The first-order valence-corrected chi connectivity index (χ1v) is 4.89. The molecule has 2 heteroatoms. The third kappa shape index (κ3) is 8.02. The fourth-order valence-electron chi connectivity index (χ4n) is 1.12. The zero-order valence-electron chi connectivity index (χ0n) is 9.28. The molecule has 0 aliphatic heterocycles. The van der Waals surface area contributed by atoms with E-state index in [1.54, 1.807) is 0 Å². The minimum Gasteiger partial charge on any atom is -0.311 e. The van der Waals surface area contributed by atoms with Gasteiger partial charge >= 0.3 is 0 Å². The summed E-state index contributed by atoms with van der Waals surface area (Å²) < 4.78 is 0. The molecule has 0 amide bonds. The van der Waals surface area contributed by atoms with E-state index in [2.05, 4.69) is 45.0 Å². The predicted molar refractivity (Wildman–Crippen MR) is 55.5 cm³/mol. The van der Waals surface area contributed by atoms with Gasteiger partial charge in [0.15, 0.2) is 0 Å². The number of nitrogens with one attached hydrogen (secondary N) is 1. The maximum Gasteiger partial charge on any atom is 0.0104 e. The Morgan fingerprint density at radius 2 is 1.75 bits per heavy atom. The molecule has 0 spiro atoms. The molecule has 0 bridgehead atoms. The summed E-state index contributed by atoms with van der Waals surface area (Å²) in [6, 6.07) is 0. The Hall–Kier alpha value is -0.0800. The van der Waals surface area contributed by atoms with Crippen molar-refractivity contribution in [2.45, 2.75) is 39.7 Å². The van der Waals surface area contributed by atoms with E-state index in [0.29, 0.717) is 0 Å². The van der Waals surface area contributed by atoms with Gasteiger partial charge in [-0.2, -0.15) is 0 Å². The van der Waals surface area contributed by atoms with Crippen LogP contribution in [-0.2, 0) is 0 Å². The van der Waals surface area contributed by atoms with Crippen molar-refractivity contribution in [3.05, 3.63) is 0 Å². The van der Waals surface area contributed by atoms with E-state index in [1.165, 1.54) is 13.0 Å². The van der Waals surface area contributed by atoms with E-state index < -0.39 is 0 Å². The lowest BCUT2D eigenvalue weighted by molar-refractivity contribution is 0.310. The molecule has 12 heavy (non-hydrogen) atoms. The van der Waals surface area contributed by atoms with Crippen LogP contribution in [0.3, 0.4) is 0 Å². The van der Waals surface area contributed by atoms with Crippen LogP contribution in [0.2, 0.25) is 0 Å². The molecule has 0 rings (SSSR count). The Balaban J connectivity index is 3.31. The minimum absolute atomic E-state index is 0.257. The Bertz CT molecular complexity index is 105. The maximum absolute atomic E-state index is 3.47. The van der Waals surface area contributed by atoms with Crippen LogP contribution in [0, 0.1) is 0 Å². The van der Waals surface area contributed by atoms with E-state index in [4.69, 9.17) is 0 Å². The summed E-state index contributed by atoms with van der Waals surface area (Å²) in [4.78, 5) is 2.36. The van der Waals surface area contributed by atoms with Gasteiger partial charge in [-0.3, -0.25) is 0 Å². The van der Waals surface area contributed by atoms with Crippen LogP contribution in [0.15, 0.2) is 0 Å². The third-order valence-electron chi connectivity index (χ3n) is 1.75. The summed E-state index contributed by atoms with van der Waals surface area (Å²) in [6.45, 7) is 12.2. The summed E-state index contributed by atoms with van der Waals surface area (Å²) in [5.41, 5.74) is 0.257. The van der Waals surface area contributed by atoms with Gasteiger partial charge in [0, 0.05) is 18.6 Å². The molecule has 2 nitrogen and oxygen atoms in total. The van der Waals surface area contributed by atoms with Crippen LogP contribution in [-0.4, -0.2) is 37.1 Å². The Morgan fingerprint density at radius 1 is 1.17 bits per heavy atom. The highest BCUT2D eigenvalue weighted by Gasteiger charge is 2.07. The van der Waals surface area contributed by atoms with Crippen molar-refractivity contribution >= 4 is 0 Å². The zero-order valence-corrected chi connectivity index (χ0v) is 9.28. The number of rotatable bonds is 5. The molecule has 1 N–H and O–H groups in total. The highest BCUT2D eigenvalue weighted by atomic mass is 15.1. The highest BCUT2D eigenvalue weighted by molar-refractivity contribution is 4.70. The van der Waals surface area contributed by atoms with Gasteiger partial charge in [-0.15, -0.1) is 0 Å². The largest absolute Gasteiger partial charge is 0.311 e. The standard InChI is InChI=1S/C10H24N2/c1-6-8-12(5)9-7-11-10(2,3)4/h11H,6-9H2,1-5H3. The second-order valence-corrected chi connectivity index (χ2v) is 4.48. The Kier molecular flexibility index (Phi) is 5.51. The molecule has 0 fully saturated rings. The summed E-state index contributed by atoms with van der Waals surface area (Å²) in [6.07, 6.45) is 1.24. The van der Waals surface area contributed by atoms with E-state index in [9.17, 15) is 0 Å². The van der Waals surface area contributed by atoms with Crippen LogP contribution in [0.1, 0.15) is 34.1 Å².